The summed E-state index contributed by atoms with van der Waals surface area (Å²) in [5.41, 5.74) is 2.11. The normalized spacial score (nSPS) is 10.0. The number of benzene rings is 1. The second-order valence-corrected chi connectivity index (χ2v) is 2.87. The molecule has 1 aromatic carbocycles. The minimum atomic E-state index is -1.02. The fourth-order valence-corrected chi connectivity index (χ4v) is 1.08. The Morgan fingerprint density at radius 2 is 2.29 bits per heavy atom. The second kappa shape index (κ2) is 4.24. The van der Waals surface area contributed by atoms with Gasteiger partial charge in [0.1, 0.15) is 0 Å². The number of hydrogen-bond acceptors (Lipinski definition) is 2. The van der Waals surface area contributed by atoms with Gasteiger partial charge in [0.15, 0.2) is 0 Å². The van der Waals surface area contributed by atoms with Gasteiger partial charge in [-0.15, -0.1) is 0 Å². The predicted molar refractivity (Wildman–Crippen MR) is 52.6 cm³/mol. The molecule has 0 heterocycles. The van der Waals surface area contributed by atoms with Crippen LogP contribution < -0.4 is 0 Å². The number of nitrogens with zero attached hydrogens (tertiary/aromatic N) is 1. The molecule has 0 unspecified atom stereocenters. The Bertz CT molecular complexity index is 427. The van der Waals surface area contributed by atoms with E-state index in [2.05, 4.69) is 0 Å². The molecular formula is C11H9NO2. The third kappa shape index (κ3) is 2.46. The fourth-order valence-electron chi connectivity index (χ4n) is 1.08. The zero-order valence-corrected chi connectivity index (χ0v) is 7.69. The number of carbonyl (C=O) groups is 1. The van der Waals surface area contributed by atoms with Crippen molar-refractivity contribution in [2.24, 2.45) is 0 Å². The molecule has 0 aliphatic heterocycles. The summed E-state index contributed by atoms with van der Waals surface area (Å²) in [7, 11) is 0. The molecule has 70 valence electrons. The highest BCUT2D eigenvalue weighted by Gasteiger charge is 1.98. The van der Waals surface area contributed by atoms with E-state index in [1.54, 1.807) is 12.1 Å². The van der Waals surface area contributed by atoms with E-state index >= 15 is 0 Å². The summed E-state index contributed by atoms with van der Waals surface area (Å²) in [6.07, 6.45) is 2.45. The molecule has 0 radical (unpaired) electrons. The highest BCUT2D eigenvalue weighted by molar-refractivity contribution is 5.85. The lowest BCUT2D eigenvalue weighted by Crippen LogP contribution is -1.88. The molecule has 1 aromatic rings. The first kappa shape index (κ1) is 10.0. The Labute approximate surface area is 81.9 Å². The van der Waals surface area contributed by atoms with Crippen molar-refractivity contribution in [3.05, 3.63) is 41.0 Å². The number of hydrogen-bond donors (Lipinski definition) is 1. The standard InChI is InChI=1S/C11H9NO2/c1-8-2-3-10(7-12)9(6-8)4-5-11(13)14/h2-6H,1H3,(H,13,14). The van der Waals surface area contributed by atoms with Crippen molar-refractivity contribution in [3.8, 4) is 6.07 Å². The van der Waals surface area contributed by atoms with E-state index in [-0.39, 0.29) is 0 Å². The van der Waals surface area contributed by atoms with Crippen LogP contribution in [0, 0.1) is 18.3 Å². The van der Waals surface area contributed by atoms with Crippen LogP contribution in [0.2, 0.25) is 0 Å². The summed E-state index contributed by atoms with van der Waals surface area (Å²) in [5.74, 6) is -1.02. The molecule has 0 saturated heterocycles. The zero-order chi connectivity index (χ0) is 10.6. The largest absolute Gasteiger partial charge is 0.478 e. The molecule has 14 heavy (non-hydrogen) atoms. The van der Waals surface area contributed by atoms with Gasteiger partial charge < -0.3 is 5.11 Å². The van der Waals surface area contributed by atoms with Crippen LogP contribution in [0.3, 0.4) is 0 Å². The van der Waals surface area contributed by atoms with Crippen molar-refractivity contribution in [1.29, 1.82) is 5.26 Å². The molecule has 0 aliphatic carbocycles. The molecule has 1 rings (SSSR count). The SMILES string of the molecule is Cc1ccc(C#N)c(C=CC(=O)O)c1. The molecule has 0 amide bonds. The number of aryl methyl sites for hydroxylation is 1. The Kier molecular flexibility index (Phi) is 3.03. The second-order valence-electron chi connectivity index (χ2n) is 2.87. The maximum absolute atomic E-state index is 10.3. The van der Waals surface area contributed by atoms with Gasteiger partial charge >= 0.3 is 5.97 Å². The Balaban J connectivity index is 3.13. The van der Waals surface area contributed by atoms with Gasteiger partial charge in [0.2, 0.25) is 0 Å². The quantitative estimate of drug-likeness (QED) is 0.720. The molecule has 0 bridgehead atoms. The average Bonchev–Trinajstić information content (AvgIpc) is 2.15. The number of rotatable bonds is 2. The monoisotopic (exact) mass is 187 g/mol. The number of carboxylic acid groups (broad SMARTS) is 1. The van der Waals surface area contributed by atoms with Gasteiger partial charge in [-0.05, 0) is 24.6 Å². The molecular weight excluding hydrogens is 178 g/mol. The number of aliphatic carboxylic acids is 1. The van der Waals surface area contributed by atoms with Gasteiger partial charge in [-0.3, -0.25) is 0 Å². The summed E-state index contributed by atoms with van der Waals surface area (Å²) in [6.45, 7) is 1.89. The minimum absolute atomic E-state index is 0.480. The van der Waals surface area contributed by atoms with Crippen molar-refractivity contribution < 1.29 is 9.90 Å². The highest BCUT2D eigenvalue weighted by atomic mass is 16.4. The molecule has 0 spiro atoms. The molecule has 0 saturated carbocycles. The third-order valence-corrected chi connectivity index (χ3v) is 1.73. The Morgan fingerprint density at radius 1 is 1.57 bits per heavy atom. The third-order valence-electron chi connectivity index (χ3n) is 1.73. The maximum Gasteiger partial charge on any atom is 0.328 e. The smallest absolute Gasteiger partial charge is 0.328 e. The molecule has 1 N–H and O–H groups in total. The minimum Gasteiger partial charge on any atom is -0.478 e. The van der Waals surface area contributed by atoms with Crippen LogP contribution in [0.4, 0.5) is 0 Å². The highest BCUT2D eigenvalue weighted by Crippen LogP contribution is 2.12. The van der Waals surface area contributed by atoms with Crippen molar-refractivity contribution in [2.45, 2.75) is 6.92 Å². The van der Waals surface area contributed by atoms with Gasteiger partial charge in [-0.1, -0.05) is 17.7 Å². The first-order chi connectivity index (χ1) is 6.63. The Hall–Kier alpha value is -2.08. The number of carboxylic acids is 1. The van der Waals surface area contributed by atoms with E-state index in [1.807, 2.05) is 19.1 Å². The molecule has 0 aromatic heterocycles. The van der Waals surface area contributed by atoms with Crippen LogP contribution in [-0.4, -0.2) is 11.1 Å². The van der Waals surface area contributed by atoms with Crippen LogP contribution in [0.1, 0.15) is 16.7 Å². The summed E-state index contributed by atoms with van der Waals surface area (Å²) < 4.78 is 0. The summed E-state index contributed by atoms with van der Waals surface area (Å²) in [6, 6.07) is 7.27. The van der Waals surface area contributed by atoms with Crippen molar-refractivity contribution >= 4 is 12.0 Å². The van der Waals surface area contributed by atoms with E-state index < -0.39 is 5.97 Å². The van der Waals surface area contributed by atoms with Gasteiger partial charge in [0, 0.05) is 6.08 Å². The first-order valence-electron chi connectivity index (χ1n) is 4.05. The molecule has 3 heteroatoms. The van der Waals surface area contributed by atoms with Crippen LogP contribution in [0.15, 0.2) is 24.3 Å². The van der Waals surface area contributed by atoms with Gasteiger partial charge in [-0.25, -0.2) is 4.79 Å². The summed E-state index contributed by atoms with van der Waals surface area (Å²) >= 11 is 0. The van der Waals surface area contributed by atoms with Crippen LogP contribution in [0.25, 0.3) is 6.08 Å². The van der Waals surface area contributed by atoms with Gasteiger partial charge in [0.05, 0.1) is 11.6 Å². The van der Waals surface area contributed by atoms with E-state index in [1.165, 1.54) is 6.08 Å². The van der Waals surface area contributed by atoms with Crippen molar-refractivity contribution in [3.63, 3.8) is 0 Å². The molecule has 0 fully saturated rings. The predicted octanol–water partition coefficient (Wildman–Crippen LogP) is 1.96. The van der Waals surface area contributed by atoms with E-state index in [0.29, 0.717) is 11.1 Å². The Morgan fingerprint density at radius 3 is 2.86 bits per heavy atom. The summed E-state index contributed by atoms with van der Waals surface area (Å²) in [4.78, 5) is 10.3. The van der Waals surface area contributed by atoms with Crippen LogP contribution in [0.5, 0.6) is 0 Å². The molecule has 3 nitrogen and oxygen atoms in total. The lowest BCUT2D eigenvalue weighted by molar-refractivity contribution is -0.131. The average molecular weight is 187 g/mol. The van der Waals surface area contributed by atoms with E-state index in [9.17, 15) is 4.79 Å². The maximum atomic E-state index is 10.3. The lowest BCUT2D eigenvalue weighted by atomic mass is 10.1. The van der Waals surface area contributed by atoms with Gasteiger partial charge in [-0.2, -0.15) is 5.26 Å². The molecule has 0 aliphatic rings. The lowest BCUT2D eigenvalue weighted by Gasteiger charge is -1.98. The first-order valence-corrected chi connectivity index (χ1v) is 4.05. The van der Waals surface area contributed by atoms with Crippen LogP contribution in [-0.2, 0) is 4.79 Å². The van der Waals surface area contributed by atoms with Crippen LogP contribution >= 0.6 is 0 Å². The fraction of sp³-hybridized carbons (Fsp3) is 0.0909. The van der Waals surface area contributed by atoms with Crippen molar-refractivity contribution in [2.75, 3.05) is 0 Å². The topological polar surface area (TPSA) is 61.1 Å². The van der Waals surface area contributed by atoms with E-state index in [0.717, 1.165) is 11.6 Å². The van der Waals surface area contributed by atoms with Crippen molar-refractivity contribution in [1.82, 2.24) is 0 Å². The van der Waals surface area contributed by atoms with E-state index in [4.69, 9.17) is 10.4 Å². The molecule has 0 atom stereocenters. The van der Waals surface area contributed by atoms with Gasteiger partial charge in [0.25, 0.3) is 0 Å². The number of nitriles is 1. The summed E-state index contributed by atoms with van der Waals surface area (Å²) in [5, 5.41) is 17.2. The zero-order valence-electron chi connectivity index (χ0n) is 7.69.